The van der Waals surface area contributed by atoms with Crippen LogP contribution in [0.5, 0.6) is 0 Å². The predicted molar refractivity (Wildman–Crippen MR) is 135 cm³/mol. The molecule has 176 valence electrons. The van der Waals surface area contributed by atoms with Crippen LogP contribution in [0.2, 0.25) is 0 Å². The predicted octanol–water partition coefficient (Wildman–Crippen LogP) is 5.61. The summed E-state index contributed by atoms with van der Waals surface area (Å²) >= 11 is 0. The fourth-order valence-corrected chi connectivity index (χ4v) is 4.56. The van der Waals surface area contributed by atoms with E-state index in [1.165, 1.54) is 0 Å². The number of fused-ring (bicyclic) bond motifs is 1. The number of carbonyl (C=O) groups excluding carboxylic acids is 1. The summed E-state index contributed by atoms with van der Waals surface area (Å²) in [6.07, 6.45) is 4.32. The normalized spacial score (nSPS) is 12.9. The third-order valence-corrected chi connectivity index (χ3v) is 6.43. The van der Waals surface area contributed by atoms with Crippen molar-refractivity contribution in [3.8, 4) is 22.6 Å². The molecule has 4 aromatic rings. The Balaban J connectivity index is 1.47. The number of aromatic nitrogens is 3. The summed E-state index contributed by atoms with van der Waals surface area (Å²) in [4.78, 5) is 36.0. The van der Waals surface area contributed by atoms with Crippen LogP contribution in [-0.2, 0) is 13.0 Å². The molecule has 1 amide bonds. The van der Waals surface area contributed by atoms with Crippen molar-refractivity contribution in [2.75, 3.05) is 4.90 Å². The molecule has 7 nitrogen and oxygen atoms in total. The summed E-state index contributed by atoms with van der Waals surface area (Å²) in [6, 6.07) is 17.0. The highest BCUT2D eigenvalue weighted by molar-refractivity contribution is 6.10. The van der Waals surface area contributed by atoms with E-state index in [2.05, 4.69) is 18.8 Å². The Kier molecular flexibility index (Phi) is 5.68. The van der Waals surface area contributed by atoms with E-state index in [4.69, 9.17) is 4.98 Å². The van der Waals surface area contributed by atoms with E-state index >= 15 is 0 Å². The van der Waals surface area contributed by atoms with Crippen LogP contribution in [0.3, 0.4) is 0 Å². The van der Waals surface area contributed by atoms with E-state index in [9.17, 15) is 14.7 Å². The van der Waals surface area contributed by atoms with E-state index in [1.54, 1.807) is 17.2 Å². The van der Waals surface area contributed by atoms with Crippen molar-refractivity contribution in [3.63, 3.8) is 0 Å². The first-order valence-electron chi connectivity index (χ1n) is 11.7. The average Bonchev–Trinajstić information content (AvgIpc) is 3.49. The molecule has 0 unspecified atom stereocenters. The molecular weight excluding hydrogens is 440 g/mol. The molecule has 1 aliphatic heterocycles. The second-order valence-electron chi connectivity index (χ2n) is 8.93. The zero-order valence-electron chi connectivity index (χ0n) is 19.9. The molecule has 7 heteroatoms. The molecule has 0 radical (unpaired) electrons. The molecule has 0 spiro atoms. The Labute approximate surface area is 203 Å². The van der Waals surface area contributed by atoms with Crippen LogP contribution in [0.25, 0.3) is 22.6 Å². The van der Waals surface area contributed by atoms with E-state index in [0.29, 0.717) is 35.6 Å². The van der Waals surface area contributed by atoms with Gasteiger partial charge in [-0.05, 0) is 66.8 Å². The van der Waals surface area contributed by atoms with Crippen LogP contribution < -0.4 is 4.90 Å². The molecule has 0 fully saturated rings. The van der Waals surface area contributed by atoms with Crippen molar-refractivity contribution in [2.45, 2.75) is 39.8 Å². The number of nitrogens with zero attached hydrogens (tertiary/aromatic N) is 4. The lowest BCUT2D eigenvalue weighted by molar-refractivity contribution is 0.0695. The van der Waals surface area contributed by atoms with Gasteiger partial charge in [0.25, 0.3) is 5.91 Å². The number of amides is 1. The second-order valence-corrected chi connectivity index (χ2v) is 8.93. The molecule has 0 saturated heterocycles. The van der Waals surface area contributed by atoms with Crippen molar-refractivity contribution >= 4 is 17.7 Å². The highest BCUT2D eigenvalue weighted by Crippen LogP contribution is 2.32. The highest BCUT2D eigenvalue weighted by atomic mass is 16.4. The quantitative estimate of drug-likeness (QED) is 0.399. The Morgan fingerprint density at radius 1 is 1.09 bits per heavy atom. The zero-order chi connectivity index (χ0) is 24.7. The SMILES string of the molecule is CCc1ccc(-c2ccc3c(c2)C(=O)N(c2cccc(-c4nccn4C(C)C)n2)C3)cc1C(=O)O. The van der Waals surface area contributed by atoms with Crippen LogP contribution in [0.1, 0.15) is 58.7 Å². The molecule has 1 aliphatic rings. The number of carboxylic acids is 1. The summed E-state index contributed by atoms with van der Waals surface area (Å²) < 4.78 is 2.05. The molecule has 0 atom stereocenters. The molecule has 2 aromatic heterocycles. The number of aromatic carboxylic acids is 1. The number of hydrogen-bond donors (Lipinski definition) is 1. The van der Waals surface area contributed by atoms with Crippen molar-refractivity contribution < 1.29 is 14.7 Å². The van der Waals surface area contributed by atoms with Gasteiger partial charge in [-0.25, -0.2) is 14.8 Å². The molecule has 2 aromatic carbocycles. The van der Waals surface area contributed by atoms with Gasteiger partial charge in [-0.15, -0.1) is 0 Å². The standard InChI is InChI=1S/C28H26N4O3/c1-4-18-8-9-20(15-23(18)28(34)35)19-10-11-21-16-32(27(33)22(21)14-19)25-7-5-6-24(30-25)26-29-12-13-31(26)17(2)3/h5-15,17H,4,16H2,1-3H3,(H,34,35). The molecule has 35 heavy (non-hydrogen) atoms. The molecule has 3 heterocycles. The minimum Gasteiger partial charge on any atom is -0.478 e. The van der Waals surface area contributed by atoms with Gasteiger partial charge < -0.3 is 9.67 Å². The number of hydrogen-bond acceptors (Lipinski definition) is 4. The van der Waals surface area contributed by atoms with Crippen molar-refractivity contribution in [2.24, 2.45) is 0 Å². The fraction of sp³-hybridized carbons (Fsp3) is 0.214. The minimum absolute atomic E-state index is 0.123. The Bertz CT molecular complexity index is 1450. The number of aryl methyl sites for hydroxylation is 1. The van der Waals surface area contributed by atoms with Crippen LogP contribution >= 0.6 is 0 Å². The second kappa shape index (κ2) is 8.83. The zero-order valence-corrected chi connectivity index (χ0v) is 19.9. The lowest BCUT2D eigenvalue weighted by atomic mass is 9.96. The Morgan fingerprint density at radius 3 is 2.60 bits per heavy atom. The molecule has 0 bridgehead atoms. The van der Waals surface area contributed by atoms with Crippen LogP contribution in [0.4, 0.5) is 5.82 Å². The summed E-state index contributed by atoms with van der Waals surface area (Å²) in [7, 11) is 0. The Morgan fingerprint density at radius 2 is 1.86 bits per heavy atom. The van der Waals surface area contributed by atoms with Crippen LogP contribution in [-0.4, -0.2) is 31.5 Å². The molecule has 5 rings (SSSR count). The summed E-state index contributed by atoms with van der Waals surface area (Å²) in [5.41, 5.74) is 4.89. The van der Waals surface area contributed by atoms with Gasteiger partial charge in [-0.1, -0.05) is 37.3 Å². The lowest BCUT2D eigenvalue weighted by Gasteiger charge is -2.16. The van der Waals surface area contributed by atoms with Crippen LogP contribution in [0.15, 0.2) is 67.0 Å². The van der Waals surface area contributed by atoms with E-state index in [-0.39, 0.29) is 11.9 Å². The van der Waals surface area contributed by atoms with Gasteiger partial charge in [0.15, 0.2) is 5.82 Å². The summed E-state index contributed by atoms with van der Waals surface area (Å²) in [6.45, 7) is 6.53. The van der Waals surface area contributed by atoms with E-state index in [0.717, 1.165) is 28.1 Å². The number of benzene rings is 2. The van der Waals surface area contributed by atoms with Gasteiger partial charge in [0.1, 0.15) is 11.5 Å². The summed E-state index contributed by atoms with van der Waals surface area (Å²) in [5.74, 6) is 0.264. The van der Waals surface area contributed by atoms with Crippen molar-refractivity contribution in [1.82, 2.24) is 14.5 Å². The fourth-order valence-electron chi connectivity index (χ4n) is 4.56. The van der Waals surface area contributed by atoms with E-state index in [1.807, 2.05) is 66.2 Å². The number of carbonyl (C=O) groups is 2. The van der Waals surface area contributed by atoms with Gasteiger partial charge in [-0.2, -0.15) is 0 Å². The first-order valence-corrected chi connectivity index (χ1v) is 11.7. The van der Waals surface area contributed by atoms with Gasteiger partial charge in [0.05, 0.1) is 12.1 Å². The third-order valence-electron chi connectivity index (χ3n) is 6.43. The Hall–Kier alpha value is -4.26. The van der Waals surface area contributed by atoms with Crippen molar-refractivity contribution in [3.05, 3.63) is 89.2 Å². The van der Waals surface area contributed by atoms with Gasteiger partial charge in [-0.3, -0.25) is 9.69 Å². The largest absolute Gasteiger partial charge is 0.478 e. The average molecular weight is 467 g/mol. The van der Waals surface area contributed by atoms with Gasteiger partial charge >= 0.3 is 5.97 Å². The number of rotatable bonds is 6. The molecular formula is C28H26N4O3. The third kappa shape index (κ3) is 3.99. The van der Waals surface area contributed by atoms with Gasteiger partial charge in [0, 0.05) is 24.0 Å². The maximum Gasteiger partial charge on any atom is 0.335 e. The topological polar surface area (TPSA) is 88.3 Å². The first kappa shape index (κ1) is 22.5. The molecule has 0 aliphatic carbocycles. The smallest absolute Gasteiger partial charge is 0.335 e. The number of carboxylic acid groups (broad SMARTS) is 1. The first-order chi connectivity index (χ1) is 16.9. The van der Waals surface area contributed by atoms with Gasteiger partial charge in [0.2, 0.25) is 0 Å². The minimum atomic E-state index is -0.948. The maximum atomic E-state index is 13.4. The maximum absolute atomic E-state index is 13.4. The molecule has 1 N–H and O–H groups in total. The highest BCUT2D eigenvalue weighted by Gasteiger charge is 2.30. The van der Waals surface area contributed by atoms with E-state index < -0.39 is 5.97 Å². The summed E-state index contributed by atoms with van der Waals surface area (Å²) in [5, 5.41) is 9.59. The number of imidazole rings is 1. The number of pyridine rings is 1. The lowest BCUT2D eigenvalue weighted by Crippen LogP contribution is -2.24. The molecule has 0 saturated carbocycles. The monoisotopic (exact) mass is 466 g/mol. The van der Waals surface area contributed by atoms with Crippen LogP contribution in [0, 0.1) is 0 Å². The van der Waals surface area contributed by atoms with Crippen molar-refractivity contribution in [1.29, 1.82) is 0 Å². The number of anilines is 1.